The maximum absolute atomic E-state index is 12.9. The van der Waals surface area contributed by atoms with Gasteiger partial charge in [-0.1, -0.05) is 31.6 Å². The number of nitrogens with one attached hydrogen (secondary N) is 1. The average molecular weight is 312 g/mol. The summed E-state index contributed by atoms with van der Waals surface area (Å²) in [7, 11) is 0. The molecular formula is C19H24N2O2. The molecule has 0 atom stereocenters. The quantitative estimate of drug-likeness (QED) is 0.821. The first-order valence-electron chi connectivity index (χ1n) is 8.51. The molecule has 1 N–H and O–H groups in total. The van der Waals surface area contributed by atoms with Gasteiger partial charge in [-0.2, -0.15) is 0 Å². The number of carbonyl (C=O) groups is 2. The summed E-state index contributed by atoms with van der Waals surface area (Å²) in [4.78, 5) is 26.2. The minimum atomic E-state index is -0.189. The molecule has 23 heavy (non-hydrogen) atoms. The normalized spacial score (nSPS) is 17.7. The summed E-state index contributed by atoms with van der Waals surface area (Å²) in [6, 6.07) is 8.47. The van der Waals surface area contributed by atoms with Crippen molar-refractivity contribution < 1.29 is 9.59 Å². The molecule has 3 rings (SSSR count). The Morgan fingerprint density at radius 2 is 1.70 bits per heavy atom. The first-order chi connectivity index (χ1) is 11.2. The highest BCUT2D eigenvalue weighted by Gasteiger charge is 2.38. The summed E-state index contributed by atoms with van der Waals surface area (Å²) in [5.41, 5.74) is 1.73. The van der Waals surface area contributed by atoms with E-state index in [1.165, 1.54) is 18.9 Å². The molecule has 0 aliphatic heterocycles. The summed E-state index contributed by atoms with van der Waals surface area (Å²) in [5.74, 6) is -0.0210. The number of hydrogen-bond acceptors (Lipinski definition) is 2. The Kier molecular flexibility index (Phi) is 4.79. The first kappa shape index (κ1) is 15.8. The van der Waals surface area contributed by atoms with Crippen molar-refractivity contribution >= 4 is 11.8 Å². The zero-order valence-electron chi connectivity index (χ0n) is 13.5. The maximum atomic E-state index is 12.9. The summed E-state index contributed by atoms with van der Waals surface area (Å²) < 4.78 is 0. The van der Waals surface area contributed by atoms with Gasteiger partial charge in [0.15, 0.2) is 0 Å². The number of benzene rings is 1. The van der Waals surface area contributed by atoms with Crippen LogP contribution in [-0.4, -0.2) is 28.8 Å². The molecular weight excluding hydrogens is 288 g/mol. The predicted octanol–water partition coefficient (Wildman–Crippen LogP) is 3.04. The van der Waals surface area contributed by atoms with Crippen LogP contribution in [0.1, 0.15) is 54.4 Å². The van der Waals surface area contributed by atoms with Crippen LogP contribution < -0.4 is 5.32 Å². The van der Waals surface area contributed by atoms with E-state index in [4.69, 9.17) is 0 Å². The monoisotopic (exact) mass is 312 g/mol. The molecule has 0 saturated heterocycles. The van der Waals surface area contributed by atoms with Crippen LogP contribution in [0.4, 0.5) is 0 Å². The molecule has 0 bridgehead atoms. The van der Waals surface area contributed by atoms with Crippen molar-refractivity contribution in [2.24, 2.45) is 0 Å². The molecule has 2 aliphatic rings. The van der Waals surface area contributed by atoms with Gasteiger partial charge in [0.05, 0.1) is 0 Å². The second kappa shape index (κ2) is 6.99. The van der Waals surface area contributed by atoms with Crippen LogP contribution in [0.2, 0.25) is 0 Å². The van der Waals surface area contributed by atoms with E-state index in [2.05, 4.69) is 16.8 Å². The van der Waals surface area contributed by atoms with E-state index in [-0.39, 0.29) is 11.8 Å². The van der Waals surface area contributed by atoms with Crippen molar-refractivity contribution in [3.05, 3.63) is 48.0 Å². The van der Waals surface area contributed by atoms with Crippen molar-refractivity contribution in [3.8, 4) is 0 Å². The highest BCUT2D eigenvalue weighted by molar-refractivity contribution is 5.95. The Labute approximate surface area is 137 Å². The topological polar surface area (TPSA) is 49.4 Å². The molecule has 0 spiro atoms. The number of nitrogens with zero attached hydrogens (tertiary/aromatic N) is 1. The van der Waals surface area contributed by atoms with Crippen molar-refractivity contribution in [2.45, 2.75) is 57.2 Å². The molecule has 2 fully saturated rings. The fraction of sp³-hybridized carbons (Fsp3) is 0.474. The number of carbonyl (C=O) groups excluding carboxylic acids is 2. The molecule has 0 aromatic heterocycles. The minimum Gasteiger partial charge on any atom is -0.348 e. The van der Waals surface area contributed by atoms with Crippen LogP contribution in [0.15, 0.2) is 36.9 Å². The largest absolute Gasteiger partial charge is 0.348 e. The Hall–Kier alpha value is -2.10. The van der Waals surface area contributed by atoms with Gasteiger partial charge >= 0.3 is 0 Å². The van der Waals surface area contributed by atoms with Gasteiger partial charge in [0.1, 0.15) is 0 Å². The molecule has 122 valence electrons. The van der Waals surface area contributed by atoms with Crippen LogP contribution in [0.25, 0.3) is 0 Å². The van der Waals surface area contributed by atoms with Crippen LogP contribution in [0.5, 0.6) is 0 Å². The van der Waals surface area contributed by atoms with E-state index >= 15 is 0 Å². The third-order valence-corrected chi connectivity index (χ3v) is 4.75. The van der Waals surface area contributed by atoms with Crippen molar-refractivity contribution in [1.82, 2.24) is 10.2 Å². The summed E-state index contributed by atoms with van der Waals surface area (Å²) in [6.45, 7) is 3.88. The summed E-state index contributed by atoms with van der Waals surface area (Å²) in [6.07, 6.45) is 8.32. The molecule has 2 saturated carbocycles. The lowest BCUT2D eigenvalue weighted by Gasteiger charge is -2.29. The Balaban J connectivity index is 1.66. The molecule has 2 amide bonds. The molecule has 0 radical (unpaired) electrons. The molecule has 0 unspecified atom stereocenters. The zero-order chi connectivity index (χ0) is 16.2. The van der Waals surface area contributed by atoms with Crippen LogP contribution in [0.3, 0.4) is 0 Å². The van der Waals surface area contributed by atoms with Gasteiger partial charge in [-0.3, -0.25) is 9.59 Å². The molecule has 1 aromatic carbocycles. The smallest absolute Gasteiger partial charge is 0.254 e. The van der Waals surface area contributed by atoms with Gasteiger partial charge in [-0.05, 0) is 49.5 Å². The van der Waals surface area contributed by atoms with Gasteiger partial charge in [0.2, 0.25) is 5.91 Å². The van der Waals surface area contributed by atoms with Gasteiger partial charge < -0.3 is 10.2 Å². The van der Waals surface area contributed by atoms with E-state index in [1.807, 2.05) is 24.3 Å². The standard InChI is InChI=1S/C19H24N2O2/c1-2-18(22)20-13-14-7-9-15(10-8-14)19(23)21(17-11-12-17)16-5-3-4-6-16/h2,7-10,16-17H,1,3-6,11-13H2,(H,20,22). The van der Waals surface area contributed by atoms with Gasteiger partial charge in [0.25, 0.3) is 5.91 Å². The van der Waals surface area contributed by atoms with Crippen LogP contribution in [0, 0.1) is 0 Å². The van der Waals surface area contributed by atoms with E-state index in [0.29, 0.717) is 18.6 Å². The van der Waals surface area contributed by atoms with Gasteiger partial charge in [-0.15, -0.1) is 0 Å². The number of amides is 2. The Morgan fingerprint density at radius 3 is 2.26 bits per heavy atom. The predicted molar refractivity (Wildman–Crippen MR) is 89.9 cm³/mol. The second-order valence-electron chi connectivity index (χ2n) is 6.50. The molecule has 4 nitrogen and oxygen atoms in total. The number of rotatable bonds is 6. The van der Waals surface area contributed by atoms with E-state index < -0.39 is 0 Å². The first-order valence-corrected chi connectivity index (χ1v) is 8.51. The summed E-state index contributed by atoms with van der Waals surface area (Å²) in [5, 5.41) is 2.74. The number of hydrogen-bond donors (Lipinski definition) is 1. The van der Waals surface area contributed by atoms with Crippen molar-refractivity contribution in [1.29, 1.82) is 0 Å². The van der Waals surface area contributed by atoms with Crippen LogP contribution in [-0.2, 0) is 11.3 Å². The maximum Gasteiger partial charge on any atom is 0.254 e. The Bertz CT molecular complexity index is 584. The van der Waals surface area contributed by atoms with Crippen molar-refractivity contribution in [3.63, 3.8) is 0 Å². The highest BCUT2D eigenvalue weighted by Crippen LogP contribution is 2.35. The van der Waals surface area contributed by atoms with Crippen molar-refractivity contribution in [2.75, 3.05) is 0 Å². The van der Waals surface area contributed by atoms with Gasteiger partial charge in [0, 0.05) is 24.2 Å². The van der Waals surface area contributed by atoms with E-state index in [1.54, 1.807) is 0 Å². The minimum absolute atomic E-state index is 0.168. The SMILES string of the molecule is C=CC(=O)NCc1ccc(C(=O)N(C2CCCC2)C2CC2)cc1. The average Bonchev–Trinajstić information content (AvgIpc) is 3.27. The zero-order valence-corrected chi connectivity index (χ0v) is 13.5. The second-order valence-corrected chi connectivity index (χ2v) is 6.50. The lowest BCUT2D eigenvalue weighted by Crippen LogP contribution is -2.40. The molecule has 2 aliphatic carbocycles. The molecule has 0 heterocycles. The fourth-order valence-electron chi connectivity index (χ4n) is 3.34. The van der Waals surface area contributed by atoms with Gasteiger partial charge in [-0.25, -0.2) is 0 Å². The lowest BCUT2D eigenvalue weighted by molar-refractivity contribution is -0.116. The lowest BCUT2D eigenvalue weighted by atomic mass is 10.1. The fourth-order valence-corrected chi connectivity index (χ4v) is 3.34. The summed E-state index contributed by atoms with van der Waals surface area (Å²) >= 11 is 0. The highest BCUT2D eigenvalue weighted by atomic mass is 16.2. The third kappa shape index (κ3) is 3.81. The van der Waals surface area contributed by atoms with E-state index in [0.717, 1.165) is 36.8 Å². The molecule has 1 aromatic rings. The molecule has 4 heteroatoms. The van der Waals surface area contributed by atoms with Crippen LogP contribution >= 0.6 is 0 Å². The van der Waals surface area contributed by atoms with E-state index in [9.17, 15) is 9.59 Å². The third-order valence-electron chi connectivity index (χ3n) is 4.75. The Morgan fingerprint density at radius 1 is 1.09 bits per heavy atom.